The zero-order valence-corrected chi connectivity index (χ0v) is 11.9. The number of carbonyl (C=O) groups is 3. The molecular weight excluding hydrogens is 272 g/mol. The van der Waals surface area contributed by atoms with Gasteiger partial charge in [0.1, 0.15) is 5.78 Å². The molecule has 6 heteroatoms. The predicted molar refractivity (Wildman–Crippen MR) is 75.3 cm³/mol. The number of anilines is 1. The zero-order valence-electron chi connectivity index (χ0n) is 11.9. The van der Waals surface area contributed by atoms with Crippen molar-refractivity contribution in [1.29, 1.82) is 5.26 Å². The van der Waals surface area contributed by atoms with Gasteiger partial charge in [0, 0.05) is 12.1 Å². The van der Waals surface area contributed by atoms with Gasteiger partial charge in [-0.3, -0.25) is 9.59 Å². The fourth-order valence-electron chi connectivity index (χ4n) is 1.50. The van der Waals surface area contributed by atoms with E-state index in [1.807, 2.05) is 6.07 Å². The molecule has 0 bridgehead atoms. The molecule has 1 rings (SSSR count). The molecule has 110 valence electrons. The maximum atomic E-state index is 11.8. The molecule has 0 aliphatic heterocycles. The Bertz CT molecular complexity index is 590. The Morgan fingerprint density at radius 3 is 2.67 bits per heavy atom. The fourth-order valence-corrected chi connectivity index (χ4v) is 1.50. The summed E-state index contributed by atoms with van der Waals surface area (Å²) in [6.07, 6.45) is -0.927. The molecule has 0 aromatic heterocycles. The van der Waals surface area contributed by atoms with Crippen molar-refractivity contribution in [3.05, 3.63) is 29.8 Å². The van der Waals surface area contributed by atoms with E-state index in [2.05, 4.69) is 5.32 Å². The molecule has 0 heterocycles. The van der Waals surface area contributed by atoms with Gasteiger partial charge in [0.25, 0.3) is 5.91 Å². The minimum atomic E-state index is -0.977. The first-order valence-corrected chi connectivity index (χ1v) is 6.42. The monoisotopic (exact) mass is 288 g/mol. The molecule has 1 aromatic carbocycles. The Hall–Kier alpha value is -2.68. The lowest BCUT2D eigenvalue weighted by Crippen LogP contribution is -2.30. The molecule has 0 aliphatic carbocycles. The maximum Gasteiger partial charge on any atom is 0.307 e. The van der Waals surface area contributed by atoms with E-state index < -0.39 is 18.0 Å². The summed E-state index contributed by atoms with van der Waals surface area (Å²) in [5.74, 6) is -1.21. The van der Waals surface area contributed by atoms with Crippen LogP contribution in [0, 0.1) is 11.3 Å². The normalized spacial score (nSPS) is 11.1. The smallest absolute Gasteiger partial charge is 0.307 e. The largest absolute Gasteiger partial charge is 0.453 e. The lowest BCUT2D eigenvalue weighted by atomic mass is 10.2. The second kappa shape index (κ2) is 7.80. The summed E-state index contributed by atoms with van der Waals surface area (Å²) in [5.41, 5.74) is 0.865. The fraction of sp³-hybridized carbons (Fsp3) is 0.333. The van der Waals surface area contributed by atoms with Crippen molar-refractivity contribution in [2.24, 2.45) is 0 Å². The van der Waals surface area contributed by atoms with Gasteiger partial charge < -0.3 is 14.8 Å². The van der Waals surface area contributed by atoms with Gasteiger partial charge in [-0.15, -0.1) is 0 Å². The van der Waals surface area contributed by atoms with Crippen molar-refractivity contribution in [3.63, 3.8) is 0 Å². The van der Waals surface area contributed by atoms with Gasteiger partial charge in [0.15, 0.2) is 6.10 Å². The van der Waals surface area contributed by atoms with Crippen molar-refractivity contribution >= 4 is 23.3 Å². The number of benzene rings is 1. The van der Waals surface area contributed by atoms with Crippen molar-refractivity contribution in [3.8, 4) is 6.07 Å². The van der Waals surface area contributed by atoms with E-state index in [4.69, 9.17) is 10.00 Å². The molecule has 0 fully saturated rings. The number of ketones is 1. The van der Waals surface area contributed by atoms with Gasteiger partial charge in [-0.05, 0) is 32.0 Å². The Labute approximate surface area is 122 Å². The van der Waals surface area contributed by atoms with Gasteiger partial charge in [0.05, 0.1) is 18.1 Å². The van der Waals surface area contributed by atoms with E-state index in [0.29, 0.717) is 11.3 Å². The molecule has 0 spiro atoms. The topological polar surface area (TPSA) is 96.3 Å². The minimum absolute atomic E-state index is 0.0448. The van der Waals surface area contributed by atoms with Crippen LogP contribution in [0.3, 0.4) is 0 Å². The second-order valence-electron chi connectivity index (χ2n) is 4.52. The first kappa shape index (κ1) is 16.4. The highest BCUT2D eigenvalue weighted by Gasteiger charge is 2.18. The number of rotatable bonds is 6. The molecule has 1 N–H and O–H groups in total. The van der Waals surface area contributed by atoms with Crippen LogP contribution < -0.4 is 5.32 Å². The molecule has 0 aliphatic rings. The molecule has 0 saturated carbocycles. The number of esters is 1. The standard InChI is InChI=1S/C15H16N2O4/c1-10(18)6-7-14(19)21-11(2)15(20)17-13-5-3-4-12(8-13)9-16/h3-5,8,11H,6-7H2,1-2H3,(H,17,20)/t11-/m0/s1. The maximum absolute atomic E-state index is 11.8. The van der Waals surface area contributed by atoms with Crippen molar-refractivity contribution < 1.29 is 19.1 Å². The van der Waals surface area contributed by atoms with Gasteiger partial charge in [-0.1, -0.05) is 6.07 Å². The highest BCUT2D eigenvalue weighted by molar-refractivity contribution is 5.95. The summed E-state index contributed by atoms with van der Waals surface area (Å²) < 4.78 is 4.92. The van der Waals surface area contributed by atoms with E-state index in [0.717, 1.165) is 0 Å². The van der Waals surface area contributed by atoms with Gasteiger partial charge in [0.2, 0.25) is 0 Å². The zero-order chi connectivity index (χ0) is 15.8. The third-order valence-electron chi connectivity index (χ3n) is 2.62. The number of carbonyl (C=O) groups excluding carboxylic acids is 3. The number of ether oxygens (including phenoxy) is 1. The van der Waals surface area contributed by atoms with E-state index in [9.17, 15) is 14.4 Å². The average molecular weight is 288 g/mol. The van der Waals surface area contributed by atoms with Gasteiger partial charge >= 0.3 is 5.97 Å². The average Bonchev–Trinajstić information content (AvgIpc) is 2.45. The molecule has 1 atom stereocenters. The molecular formula is C15H16N2O4. The van der Waals surface area contributed by atoms with Crippen LogP contribution in [0.25, 0.3) is 0 Å². The molecule has 1 amide bonds. The second-order valence-corrected chi connectivity index (χ2v) is 4.52. The summed E-state index contributed by atoms with van der Waals surface area (Å²) in [4.78, 5) is 34.0. The summed E-state index contributed by atoms with van der Waals surface area (Å²) in [6.45, 7) is 2.82. The van der Waals surface area contributed by atoms with E-state index in [1.54, 1.807) is 18.2 Å². The third kappa shape index (κ3) is 5.87. The number of nitriles is 1. The van der Waals surface area contributed by atoms with Crippen LogP contribution >= 0.6 is 0 Å². The number of hydrogen-bond acceptors (Lipinski definition) is 5. The van der Waals surface area contributed by atoms with Crippen LogP contribution in [0.2, 0.25) is 0 Å². The number of nitrogens with one attached hydrogen (secondary N) is 1. The molecule has 0 saturated heterocycles. The molecule has 6 nitrogen and oxygen atoms in total. The van der Waals surface area contributed by atoms with Crippen molar-refractivity contribution in [1.82, 2.24) is 0 Å². The number of hydrogen-bond donors (Lipinski definition) is 1. The summed E-state index contributed by atoms with van der Waals surface area (Å²) in [6, 6.07) is 8.35. The van der Waals surface area contributed by atoms with E-state index >= 15 is 0 Å². The highest BCUT2D eigenvalue weighted by atomic mass is 16.5. The predicted octanol–water partition coefficient (Wildman–Crippen LogP) is 1.80. The van der Waals surface area contributed by atoms with Gasteiger partial charge in [-0.2, -0.15) is 5.26 Å². The Balaban J connectivity index is 2.52. The molecule has 0 radical (unpaired) electrons. The Morgan fingerprint density at radius 2 is 2.05 bits per heavy atom. The Morgan fingerprint density at radius 1 is 1.33 bits per heavy atom. The SMILES string of the molecule is CC(=O)CCC(=O)O[C@@H](C)C(=O)Nc1cccc(C#N)c1. The third-order valence-corrected chi connectivity index (χ3v) is 2.62. The van der Waals surface area contributed by atoms with Crippen LogP contribution in [0.5, 0.6) is 0 Å². The van der Waals surface area contributed by atoms with Crippen LogP contribution in [-0.2, 0) is 19.1 Å². The summed E-state index contributed by atoms with van der Waals surface area (Å²) >= 11 is 0. The van der Waals surface area contributed by atoms with Gasteiger partial charge in [-0.25, -0.2) is 0 Å². The first-order chi connectivity index (χ1) is 9.92. The number of nitrogens with zero attached hydrogens (tertiary/aromatic N) is 1. The Kier molecular flexibility index (Phi) is 6.08. The lowest BCUT2D eigenvalue weighted by molar-refractivity contribution is -0.153. The summed E-state index contributed by atoms with van der Waals surface area (Å²) in [7, 11) is 0. The molecule has 1 aromatic rings. The first-order valence-electron chi connectivity index (χ1n) is 6.42. The summed E-state index contributed by atoms with van der Waals surface area (Å²) in [5, 5.41) is 11.3. The quantitative estimate of drug-likeness (QED) is 0.805. The number of amides is 1. The van der Waals surface area contributed by atoms with E-state index in [1.165, 1.54) is 19.9 Å². The van der Waals surface area contributed by atoms with Crippen LogP contribution in [0.1, 0.15) is 32.3 Å². The molecule has 21 heavy (non-hydrogen) atoms. The van der Waals surface area contributed by atoms with Crippen LogP contribution in [-0.4, -0.2) is 23.8 Å². The van der Waals surface area contributed by atoms with Crippen molar-refractivity contribution in [2.45, 2.75) is 32.8 Å². The lowest BCUT2D eigenvalue weighted by Gasteiger charge is -2.13. The minimum Gasteiger partial charge on any atom is -0.453 e. The van der Waals surface area contributed by atoms with E-state index in [-0.39, 0.29) is 18.6 Å². The highest BCUT2D eigenvalue weighted by Crippen LogP contribution is 2.11. The van der Waals surface area contributed by atoms with Crippen LogP contribution in [0.15, 0.2) is 24.3 Å². The van der Waals surface area contributed by atoms with Crippen molar-refractivity contribution in [2.75, 3.05) is 5.32 Å². The van der Waals surface area contributed by atoms with Crippen LogP contribution in [0.4, 0.5) is 5.69 Å². The molecule has 0 unspecified atom stereocenters. The number of Topliss-reactive ketones (excluding diaryl/α,β-unsaturated/α-hetero) is 1.